The average molecular weight is 1120 g/mol. The van der Waals surface area contributed by atoms with Crippen LogP contribution in [0.2, 0.25) is 0 Å². The molecule has 0 aliphatic rings. The van der Waals surface area contributed by atoms with E-state index < -0.39 is 13.8 Å². The lowest BCUT2D eigenvalue weighted by Crippen LogP contribution is -1.97. The molecule has 0 bridgehead atoms. The highest BCUT2D eigenvalue weighted by Gasteiger charge is 2.01. The Kier molecular flexibility index (Phi) is 88.6. The van der Waals surface area contributed by atoms with E-state index in [-0.39, 0.29) is 0 Å². The summed E-state index contributed by atoms with van der Waals surface area (Å²) < 4.78 is 8.88. The van der Waals surface area contributed by atoms with Crippen molar-refractivity contribution >= 4 is 13.8 Å². The molecule has 0 spiro atoms. The molecule has 0 aliphatic heterocycles. The van der Waals surface area contributed by atoms with E-state index in [4.69, 9.17) is 46.7 Å². The zero-order valence-electron chi connectivity index (χ0n) is 52.0. The highest BCUT2D eigenvalue weighted by Crippen LogP contribution is 2.26. The summed E-state index contributed by atoms with van der Waals surface area (Å²) in [6.07, 6.45) is 70.9. The lowest BCUT2D eigenvalue weighted by Gasteiger charge is -2.03. The Labute approximate surface area is 480 Å². The van der Waals surface area contributed by atoms with Gasteiger partial charge in [-0.15, -0.1) is 0 Å². The van der Waals surface area contributed by atoms with Crippen molar-refractivity contribution in [2.45, 2.75) is 362 Å². The average Bonchev–Trinajstić information content (AvgIpc) is 3.40. The number of carboxylic acid groups (broad SMARTS) is 1. The number of hydrogen-bond donors (Lipinski definition) is 8. The van der Waals surface area contributed by atoms with Gasteiger partial charge < -0.3 is 42.1 Å². The topological polar surface area (TPSA) is 213 Å². The number of phenolic OH excluding ortho intramolecular Hbond substituents is 1. The van der Waals surface area contributed by atoms with E-state index >= 15 is 0 Å². The molecule has 0 heterocycles. The van der Waals surface area contributed by atoms with Crippen LogP contribution in [0.4, 0.5) is 0 Å². The van der Waals surface area contributed by atoms with Gasteiger partial charge in [-0.25, -0.2) is 4.57 Å². The second-order valence-electron chi connectivity index (χ2n) is 22.0. The molecule has 0 aromatic heterocycles. The van der Waals surface area contributed by atoms with Crippen LogP contribution in [0, 0.1) is 0 Å². The molecule has 10 nitrogen and oxygen atoms in total. The fraction of sp³-hybridized carbons (Fsp3) is 0.894. The van der Waals surface area contributed by atoms with Crippen molar-refractivity contribution in [3.63, 3.8) is 0 Å². The third-order valence-electron chi connectivity index (χ3n) is 13.9. The number of nitrogens with two attached hydrogens (primary N) is 3. The van der Waals surface area contributed by atoms with Crippen molar-refractivity contribution in [2.24, 2.45) is 17.2 Å². The fourth-order valence-electron chi connectivity index (χ4n) is 9.03. The summed E-state index contributed by atoms with van der Waals surface area (Å²) in [4.78, 5) is 31.9. The summed E-state index contributed by atoms with van der Waals surface area (Å²) in [5.74, 6) is -0.331. The standard InChI is InChI=1S/C18H36O2.3C14H31N.C6H6O.H3O4P/c1-2-3-4-5-6-7-8-9-10-11-12-13-14-15-16-17-18(19)20;3*1-2-3-4-5-6-7-8-9-10-11-12-13-14-15;7-6-4-2-1-3-5-6;1-5(2,3)4/h2-17H2,1H3,(H,19,20);3*2-15H2,1H3;1-5,7H;(H3,1,2,3,4). The van der Waals surface area contributed by atoms with E-state index in [0.717, 1.165) is 32.5 Å². The van der Waals surface area contributed by atoms with Gasteiger partial charge in [0.2, 0.25) is 0 Å². The second-order valence-corrected chi connectivity index (χ2v) is 23.0. The zero-order valence-corrected chi connectivity index (χ0v) is 52.9. The minimum absolute atomic E-state index is 0.322. The number of hydrogen-bond acceptors (Lipinski definition) is 6. The Balaban J connectivity index is -0.000000280. The van der Waals surface area contributed by atoms with E-state index in [1.165, 1.54) is 315 Å². The number of rotatable bonds is 52. The molecule has 0 amide bonds. The van der Waals surface area contributed by atoms with E-state index in [1.54, 1.807) is 24.3 Å². The predicted molar refractivity (Wildman–Crippen MR) is 340 cm³/mol. The SMILES string of the molecule is CCCCCCCCCCCCCCCCCC(=O)O.CCCCCCCCCCCCCCN.CCCCCCCCCCCCCCN.CCCCCCCCCCCCCCN.O=P(O)(O)O.Oc1ccccc1. The van der Waals surface area contributed by atoms with E-state index in [9.17, 15) is 4.79 Å². The quantitative estimate of drug-likeness (QED) is 0.0228. The molecule has 1 aromatic rings. The number of phenols is 1. The lowest BCUT2D eigenvalue weighted by atomic mass is 10.0. The van der Waals surface area contributed by atoms with Crippen molar-refractivity contribution in [3.8, 4) is 5.75 Å². The van der Waals surface area contributed by atoms with Crippen LogP contribution in [0.3, 0.4) is 0 Å². The van der Waals surface area contributed by atoms with Crippen molar-refractivity contribution in [3.05, 3.63) is 30.3 Å². The summed E-state index contributed by atoms with van der Waals surface area (Å²) in [5.41, 5.74) is 16.3. The number of phosphoric acid groups is 1. The Morgan fingerprint density at radius 3 is 0.610 bits per heavy atom. The van der Waals surface area contributed by atoms with Crippen molar-refractivity contribution in [2.75, 3.05) is 19.6 Å². The second kappa shape index (κ2) is 81.0. The number of aromatic hydroxyl groups is 1. The van der Waals surface area contributed by atoms with Gasteiger partial charge in [-0.1, -0.05) is 348 Å². The molecule has 11 N–H and O–H groups in total. The maximum atomic E-state index is 10.3. The number of para-hydroxylation sites is 1. The first-order valence-corrected chi connectivity index (χ1v) is 34.8. The number of carboxylic acids is 1. The van der Waals surface area contributed by atoms with Crippen LogP contribution in [-0.2, 0) is 9.36 Å². The molecule has 0 radical (unpaired) electrons. The van der Waals surface area contributed by atoms with Gasteiger partial charge in [-0.3, -0.25) is 4.79 Å². The molecule has 77 heavy (non-hydrogen) atoms. The number of unbranched alkanes of at least 4 members (excludes halogenated alkanes) is 47. The van der Waals surface area contributed by atoms with E-state index in [0.29, 0.717) is 12.2 Å². The summed E-state index contributed by atoms with van der Waals surface area (Å²) in [5, 5.41) is 17.1. The molecule has 0 fully saturated rings. The molecule has 464 valence electrons. The first-order valence-electron chi connectivity index (χ1n) is 33.3. The minimum Gasteiger partial charge on any atom is -0.508 e. The summed E-state index contributed by atoms with van der Waals surface area (Å²) in [6, 6.07) is 8.71. The molecule has 0 saturated carbocycles. The Hall–Kier alpha value is -1.52. The van der Waals surface area contributed by atoms with Crippen molar-refractivity contribution < 1.29 is 34.3 Å². The van der Waals surface area contributed by atoms with Crippen LogP contribution in [0.1, 0.15) is 362 Å². The van der Waals surface area contributed by atoms with Crippen LogP contribution in [0.5, 0.6) is 5.75 Å². The van der Waals surface area contributed by atoms with Crippen LogP contribution in [0.25, 0.3) is 0 Å². The molecule has 0 atom stereocenters. The molecular formula is C66H138N3O7P. The van der Waals surface area contributed by atoms with Gasteiger partial charge >= 0.3 is 13.8 Å². The molecule has 11 heteroatoms. The maximum Gasteiger partial charge on any atom is 0.466 e. The third-order valence-corrected chi connectivity index (χ3v) is 13.9. The highest BCUT2D eigenvalue weighted by molar-refractivity contribution is 7.45. The van der Waals surface area contributed by atoms with Crippen LogP contribution in [0.15, 0.2) is 30.3 Å². The van der Waals surface area contributed by atoms with E-state index in [2.05, 4.69) is 27.7 Å². The Morgan fingerprint density at radius 2 is 0.481 bits per heavy atom. The third kappa shape index (κ3) is 111. The Bertz CT molecular complexity index is 1070. The molecule has 1 aromatic carbocycles. The monoisotopic (exact) mass is 1120 g/mol. The fourth-order valence-corrected chi connectivity index (χ4v) is 9.03. The van der Waals surface area contributed by atoms with Gasteiger partial charge in [0.05, 0.1) is 0 Å². The largest absolute Gasteiger partial charge is 0.508 e. The molecule has 1 rings (SSSR count). The molecule has 0 saturated heterocycles. The number of aliphatic carboxylic acids is 1. The van der Waals surface area contributed by atoms with Gasteiger partial charge in [-0.05, 0) is 57.5 Å². The zero-order chi connectivity index (χ0) is 58.1. The van der Waals surface area contributed by atoms with E-state index in [1.807, 2.05) is 6.07 Å². The maximum absolute atomic E-state index is 10.3. The minimum atomic E-state index is -4.64. The first kappa shape index (κ1) is 84.3. The molecular weight excluding hydrogens is 978 g/mol. The first-order chi connectivity index (χ1) is 37.4. The van der Waals surface area contributed by atoms with Crippen LogP contribution in [-0.4, -0.2) is 50.5 Å². The normalized spacial score (nSPS) is 10.7. The van der Waals surface area contributed by atoms with Gasteiger partial charge in [0, 0.05) is 6.42 Å². The molecule has 0 aliphatic carbocycles. The smallest absolute Gasteiger partial charge is 0.466 e. The van der Waals surface area contributed by atoms with Crippen molar-refractivity contribution in [1.82, 2.24) is 0 Å². The van der Waals surface area contributed by atoms with Gasteiger partial charge in [-0.2, -0.15) is 0 Å². The van der Waals surface area contributed by atoms with Crippen LogP contribution < -0.4 is 17.2 Å². The highest BCUT2D eigenvalue weighted by atomic mass is 31.2. The van der Waals surface area contributed by atoms with Gasteiger partial charge in [0.1, 0.15) is 5.75 Å². The van der Waals surface area contributed by atoms with Gasteiger partial charge in [0.25, 0.3) is 0 Å². The van der Waals surface area contributed by atoms with Crippen molar-refractivity contribution in [1.29, 1.82) is 0 Å². The van der Waals surface area contributed by atoms with Gasteiger partial charge in [0.15, 0.2) is 0 Å². The summed E-state index contributed by atoms with van der Waals surface area (Å²) in [7, 11) is -4.64. The Morgan fingerprint density at radius 1 is 0.325 bits per heavy atom. The lowest BCUT2D eigenvalue weighted by molar-refractivity contribution is -0.137. The predicted octanol–water partition coefficient (Wildman–Crippen LogP) is 20.7. The number of benzene rings is 1. The summed E-state index contributed by atoms with van der Waals surface area (Å²) >= 11 is 0. The van der Waals surface area contributed by atoms with Crippen LogP contribution >= 0.6 is 7.82 Å². The molecule has 0 unspecified atom stereocenters. The summed E-state index contributed by atoms with van der Waals surface area (Å²) in [6.45, 7) is 11.7. The number of carbonyl (C=O) groups is 1.